The minimum atomic E-state index is 0.726. The highest BCUT2D eigenvalue weighted by Gasteiger charge is 1.94. The summed E-state index contributed by atoms with van der Waals surface area (Å²) >= 11 is 0. The van der Waals surface area contributed by atoms with Crippen LogP contribution in [0, 0.1) is 0 Å². The summed E-state index contributed by atoms with van der Waals surface area (Å²) in [6, 6.07) is 13.9. The van der Waals surface area contributed by atoms with Crippen molar-refractivity contribution in [1.29, 1.82) is 0 Å². The molecule has 0 saturated heterocycles. The van der Waals surface area contributed by atoms with Gasteiger partial charge in [-0.1, -0.05) is 18.2 Å². The molecule has 0 atom stereocenters. The van der Waals surface area contributed by atoms with Gasteiger partial charge in [-0.3, -0.25) is 0 Å². The van der Waals surface area contributed by atoms with Gasteiger partial charge in [0.2, 0.25) is 0 Å². The largest absolute Gasteiger partial charge is 0.378 e. The molecule has 0 spiro atoms. The van der Waals surface area contributed by atoms with Crippen LogP contribution in [0.4, 0.5) is 11.5 Å². The van der Waals surface area contributed by atoms with E-state index in [1.165, 1.54) is 5.69 Å². The van der Waals surface area contributed by atoms with Gasteiger partial charge in [0.15, 0.2) is 5.82 Å². The molecule has 0 saturated carbocycles. The van der Waals surface area contributed by atoms with Crippen LogP contribution in [-0.2, 0) is 0 Å². The van der Waals surface area contributed by atoms with Crippen LogP contribution in [0.2, 0.25) is 0 Å². The first-order chi connectivity index (χ1) is 8.25. The summed E-state index contributed by atoms with van der Waals surface area (Å²) < 4.78 is 0. The monoisotopic (exact) mass is 225 g/mol. The van der Waals surface area contributed by atoms with Gasteiger partial charge in [0, 0.05) is 32.2 Å². The molecule has 1 heterocycles. The van der Waals surface area contributed by atoms with Crippen LogP contribution in [0.25, 0.3) is 0 Å². The second kappa shape index (κ2) is 5.25. The van der Waals surface area contributed by atoms with Crippen molar-refractivity contribution in [2.45, 2.75) is 0 Å². The van der Waals surface area contributed by atoms with E-state index in [1.807, 2.05) is 50.6 Å². The van der Waals surface area contributed by atoms with Gasteiger partial charge in [-0.15, -0.1) is 0 Å². The molecule has 0 N–H and O–H groups in total. The van der Waals surface area contributed by atoms with Crippen molar-refractivity contribution in [3.8, 4) is 0 Å². The Hall–Kier alpha value is -2.16. The number of aliphatic imine (C=N–C) groups is 1. The molecule has 0 radical (unpaired) electrons. The van der Waals surface area contributed by atoms with Crippen LogP contribution in [-0.4, -0.2) is 25.3 Å². The molecule has 0 bridgehead atoms. The molecule has 1 aromatic heterocycles. The Morgan fingerprint density at radius 1 is 1.06 bits per heavy atom. The number of benzene rings is 1. The molecular formula is C14H15N3. The molecule has 2 rings (SSSR count). The molecule has 0 fully saturated rings. The highest BCUT2D eigenvalue weighted by Crippen LogP contribution is 2.12. The maximum atomic E-state index is 4.30. The summed E-state index contributed by atoms with van der Waals surface area (Å²) in [5, 5.41) is 0. The second-order valence-electron chi connectivity index (χ2n) is 3.93. The van der Waals surface area contributed by atoms with E-state index in [1.54, 1.807) is 6.20 Å². The molecule has 0 aliphatic carbocycles. The summed E-state index contributed by atoms with van der Waals surface area (Å²) in [5.41, 5.74) is 2.25. The van der Waals surface area contributed by atoms with E-state index in [2.05, 4.69) is 27.0 Å². The highest BCUT2D eigenvalue weighted by atomic mass is 15.1. The van der Waals surface area contributed by atoms with Gasteiger partial charge in [0.1, 0.15) is 0 Å². The lowest BCUT2D eigenvalue weighted by atomic mass is 10.2. The third kappa shape index (κ3) is 3.14. The number of hydrogen-bond donors (Lipinski definition) is 0. The Labute approximate surface area is 101 Å². The molecule has 0 unspecified atom stereocenters. The van der Waals surface area contributed by atoms with Crippen molar-refractivity contribution in [2.75, 3.05) is 19.0 Å². The Morgan fingerprint density at radius 2 is 1.82 bits per heavy atom. The topological polar surface area (TPSA) is 28.5 Å². The zero-order chi connectivity index (χ0) is 12.1. The number of aromatic nitrogens is 1. The van der Waals surface area contributed by atoms with Gasteiger partial charge in [-0.2, -0.15) is 0 Å². The maximum Gasteiger partial charge on any atom is 0.151 e. The Bertz CT molecular complexity index is 487. The van der Waals surface area contributed by atoms with E-state index >= 15 is 0 Å². The Morgan fingerprint density at radius 3 is 2.41 bits per heavy atom. The van der Waals surface area contributed by atoms with Crippen molar-refractivity contribution in [2.24, 2.45) is 4.99 Å². The van der Waals surface area contributed by atoms with Crippen LogP contribution >= 0.6 is 0 Å². The van der Waals surface area contributed by atoms with Gasteiger partial charge in [0.05, 0.1) is 0 Å². The smallest absolute Gasteiger partial charge is 0.151 e. The third-order valence-electron chi connectivity index (χ3n) is 2.40. The van der Waals surface area contributed by atoms with E-state index in [4.69, 9.17) is 0 Å². The Balaban J connectivity index is 2.12. The molecular weight excluding hydrogens is 210 g/mol. The molecule has 2 aromatic rings. The lowest BCUT2D eigenvalue weighted by molar-refractivity contribution is 1.13. The highest BCUT2D eigenvalue weighted by molar-refractivity contribution is 5.82. The number of anilines is 1. The van der Waals surface area contributed by atoms with Crippen molar-refractivity contribution in [3.63, 3.8) is 0 Å². The van der Waals surface area contributed by atoms with Gasteiger partial charge in [0.25, 0.3) is 0 Å². The van der Waals surface area contributed by atoms with Crippen molar-refractivity contribution < 1.29 is 0 Å². The lowest BCUT2D eigenvalue weighted by Gasteiger charge is -2.11. The minimum absolute atomic E-state index is 0.726. The summed E-state index contributed by atoms with van der Waals surface area (Å²) in [7, 11) is 4.05. The molecule has 0 aliphatic rings. The van der Waals surface area contributed by atoms with E-state index in [0.29, 0.717) is 0 Å². The number of nitrogens with zero attached hydrogens (tertiary/aromatic N) is 3. The molecule has 3 nitrogen and oxygen atoms in total. The lowest BCUT2D eigenvalue weighted by Crippen LogP contribution is -2.08. The van der Waals surface area contributed by atoms with Gasteiger partial charge in [-0.05, 0) is 29.8 Å². The average Bonchev–Trinajstić information content (AvgIpc) is 2.38. The third-order valence-corrected chi connectivity index (χ3v) is 2.40. The fourth-order valence-corrected chi connectivity index (χ4v) is 1.43. The number of pyridine rings is 1. The zero-order valence-electron chi connectivity index (χ0n) is 10.0. The van der Waals surface area contributed by atoms with Gasteiger partial charge >= 0.3 is 0 Å². The second-order valence-corrected chi connectivity index (χ2v) is 3.93. The van der Waals surface area contributed by atoms with E-state index in [-0.39, 0.29) is 0 Å². The van der Waals surface area contributed by atoms with E-state index in [0.717, 1.165) is 11.4 Å². The molecule has 0 amide bonds. The van der Waals surface area contributed by atoms with E-state index in [9.17, 15) is 0 Å². The standard InChI is InChI=1S/C14H15N3/c1-17(2)13-8-6-12(7-9-13)11-16-14-5-3-4-10-15-14/h3-11H,1-2H3/b16-11+. The fraction of sp³-hybridized carbons (Fsp3) is 0.143. The Kier molecular flexibility index (Phi) is 3.50. The van der Waals surface area contributed by atoms with Crippen molar-refractivity contribution >= 4 is 17.7 Å². The van der Waals surface area contributed by atoms with Crippen LogP contribution in [0.15, 0.2) is 53.7 Å². The van der Waals surface area contributed by atoms with Crippen LogP contribution in [0.3, 0.4) is 0 Å². The molecule has 0 aliphatic heterocycles. The molecule has 17 heavy (non-hydrogen) atoms. The van der Waals surface area contributed by atoms with Crippen LogP contribution < -0.4 is 4.90 Å². The van der Waals surface area contributed by atoms with E-state index < -0.39 is 0 Å². The normalized spacial score (nSPS) is 10.7. The quantitative estimate of drug-likeness (QED) is 0.751. The summed E-state index contributed by atoms with van der Waals surface area (Å²) in [5.74, 6) is 0.726. The first kappa shape index (κ1) is 11.3. The predicted octanol–water partition coefficient (Wildman–Crippen LogP) is 2.90. The SMILES string of the molecule is CN(C)c1ccc(/C=N/c2ccccn2)cc1. The van der Waals surface area contributed by atoms with Crippen LogP contribution in [0.1, 0.15) is 5.56 Å². The summed E-state index contributed by atoms with van der Waals surface area (Å²) in [6.07, 6.45) is 3.56. The van der Waals surface area contributed by atoms with Crippen LogP contribution in [0.5, 0.6) is 0 Å². The summed E-state index contributed by atoms with van der Waals surface area (Å²) in [4.78, 5) is 10.5. The fourth-order valence-electron chi connectivity index (χ4n) is 1.43. The number of rotatable bonds is 3. The number of hydrogen-bond acceptors (Lipinski definition) is 3. The maximum absolute atomic E-state index is 4.30. The van der Waals surface area contributed by atoms with Crippen molar-refractivity contribution in [1.82, 2.24) is 4.98 Å². The first-order valence-electron chi connectivity index (χ1n) is 5.48. The van der Waals surface area contributed by atoms with Crippen molar-refractivity contribution in [3.05, 3.63) is 54.2 Å². The summed E-state index contributed by atoms with van der Waals surface area (Å²) in [6.45, 7) is 0. The first-order valence-corrected chi connectivity index (χ1v) is 5.48. The molecule has 86 valence electrons. The molecule has 1 aromatic carbocycles. The van der Waals surface area contributed by atoms with Gasteiger partial charge in [-0.25, -0.2) is 9.98 Å². The molecule has 3 heteroatoms. The predicted molar refractivity (Wildman–Crippen MR) is 72.3 cm³/mol. The minimum Gasteiger partial charge on any atom is -0.378 e. The zero-order valence-corrected chi connectivity index (χ0v) is 10.0. The van der Waals surface area contributed by atoms with Gasteiger partial charge < -0.3 is 4.90 Å². The average molecular weight is 225 g/mol.